The molecule has 0 aliphatic heterocycles. The number of nitriles is 1. The van der Waals surface area contributed by atoms with Crippen molar-refractivity contribution in [3.05, 3.63) is 70.9 Å². The van der Waals surface area contributed by atoms with Crippen LogP contribution < -0.4 is 16.0 Å². The van der Waals surface area contributed by atoms with E-state index in [1.165, 1.54) is 37.1 Å². The molecule has 2 aromatic rings. The highest BCUT2D eigenvalue weighted by molar-refractivity contribution is 6.21. The van der Waals surface area contributed by atoms with Crippen molar-refractivity contribution in [1.29, 1.82) is 5.26 Å². The minimum Gasteiger partial charge on any atom is -0.399 e. The van der Waals surface area contributed by atoms with Gasteiger partial charge in [-0.25, -0.2) is 4.90 Å². The lowest BCUT2D eigenvalue weighted by Crippen LogP contribution is -2.36. The lowest BCUT2D eigenvalue weighted by atomic mass is 9.89. The predicted molar refractivity (Wildman–Crippen MR) is 122 cm³/mol. The van der Waals surface area contributed by atoms with Gasteiger partial charge in [-0.3, -0.25) is 9.59 Å². The van der Waals surface area contributed by atoms with Crippen LogP contribution in [0.4, 0.5) is 11.4 Å². The SMILES string of the molecule is CCC(N/C=C(/C#N)C(=O)N(C(C)=O)c1ccc(N)cc1)c1ccc2c(c1)CCCC2. The van der Waals surface area contributed by atoms with Crippen molar-refractivity contribution in [3.8, 4) is 6.07 Å². The van der Waals surface area contributed by atoms with Gasteiger partial charge in [0.2, 0.25) is 5.91 Å². The molecule has 1 atom stereocenters. The summed E-state index contributed by atoms with van der Waals surface area (Å²) < 4.78 is 0. The number of nitrogens with two attached hydrogens (primary N) is 1. The van der Waals surface area contributed by atoms with E-state index in [9.17, 15) is 14.9 Å². The van der Waals surface area contributed by atoms with E-state index < -0.39 is 11.8 Å². The molecule has 2 amide bonds. The van der Waals surface area contributed by atoms with E-state index in [2.05, 4.69) is 30.4 Å². The highest BCUT2D eigenvalue weighted by Crippen LogP contribution is 2.26. The number of carbonyl (C=O) groups is 2. The van der Waals surface area contributed by atoms with E-state index in [4.69, 9.17) is 5.73 Å². The molecule has 1 aliphatic carbocycles. The molecule has 0 saturated carbocycles. The number of nitrogens with zero attached hydrogens (tertiary/aromatic N) is 2. The van der Waals surface area contributed by atoms with Gasteiger partial charge in [0.15, 0.2) is 0 Å². The maximum Gasteiger partial charge on any atom is 0.277 e. The van der Waals surface area contributed by atoms with E-state index in [0.29, 0.717) is 11.4 Å². The molecule has 0 spiro atoms. The Morgan fingerprint density at radius 3 is 2.45 bits per heavy atom. The number of imide groups is 1. The molecule has 0 bridgehead atoms. The Morgan fingerprint density at radius 1 is 1.16 bits per heavy atom. The Bertz CT molecular complexity index is 1030. The zero-order valence-corrected chi connectivity index (χ0v) is 18.0. The molecule has 0 heterocycles. The summed E-state index contributed by atoms with van der Waals surface area (Å²) in [5.41, 5.74) is 10.4. The van der Waals surface area contributed by atoms with Crippen LogP contribution in [0, 0.1) is 11.3 Å². The molecule has 6 nitrogen and oxygen atoms in total. The number of fused-ring (bicyclic) bond motifs is 1. The molecule has 31 heavy (non-hydrogen) atoms. The average Bonchev–Trinajstić information content (AvgIpc) is 2.77. The second-order valence-corrected chi connectivity index (χ2v) is 7.78. The monoisotopic (exact) mass is 416 g/mol. The first-order valence-corrected chi connectivity index (χ1v) is 10.6. The molecule has 0 radical (unpaired) electrons. The number of benzene rings is 2. The van der Waals surface area contributed by atoms with Crippen LogP contribution in [0.5, 0.6) is 0 Å². The quantitative estimate of drug-likeness (QED) is 0.418. The zero-order valence-electron chi connectivity index (χ0n) is 18.0. The lowest BCUT2D eigenvalue weighted by Gasteiger charge is -2.22. The number of amides is 2. The molecular formula is C25H28N4O2. The Morgan fingerprint density at radius 2 is 1.84 bits per heavy atom. The van der Waals surface area contributed by atoms with Crippen LogP contribution in [0.15, 0.2) is 54.2 Å². The zero-order chi connectivity index (χ0) is 22.4. The molecule has 1 unspecified atom stereocenters. The summed E-state index contributed by atoms with van der Waals surface area (Å²) in [7, 11) is 0. The van der Waals surface area contributed by atoms with Crippen molar-refractivity contribution in [2.45, 2.75) is 52.0 Å². The number of hydrogen-bond donors (Lipinski definition) is 2. The van der Waals surface area contributed by atoms with E-state index in [1.807, 2.05) is 6.07 Å². The van der Waals surface area contributed by atoms with E-state index in [1.54, 1.807) is 24.3 Å². The number of aryl methyl sites for hydroxylation is 2. The smallest absolute Gasteiger partial charge is 0.277 e. The van der Waals surface area contributed by atoms with Crippen LogP contribution in [0.3, 0.4) is 0 Å². The summed E-state index contributed by atoms with van der Waals surface area (Å²) in [6, 6.07) is 14.8. The van der Waals surface area contributed by atoms with Gasteiger partial charge in [-0.15, -0.1) is 0 Å². The van der Waals surface area contributed by atoms with Gasteiger partial charge in [-0.2, -0.15) is 5.26 Å². The van der Waals surface area contributed by atoms with Crippen molar-refractivity contribution in [1.82, 2.24) is 5.32 Å². The molecule has 0 fully saturated rings. The Kier molecular flexibility index (Phi) is 7.09. The fraction of sp³-hybridized carbons (Fsp3) is 0.320. The van der Waals surface area contributed by atoms with Crippen molar-refractivity contribution in [3.63, 3.8) is 0 Å². The number of rotatable bonds is 6. The van der Waals surface area contributed by atoms with Gasteiger partial charge < -0.3 is 11.1 Å². The highest BCUT2D eigenvalue weighted by Gasteiger charge is 2.24. The van der Waals surface area contributed by atoms with E-state index in [-0.39, 0.29) is 11.6 Å². The minimum absolute atomic E-state index is 0.0364. The molecule has 6 heteroatoms. The molecule has 0 aromatic heterocycles. The van der Waals surface area contributed by atoms with E-state index in [0.717, 1.165) is 29.7 Å². The summed E-state index contributed by atoms with van der Waals surface area (Å²) in [6.07, 6.45) is 6.86. The van der Waals surface area contributed by atoms with Crippen LogP contribution in [-0.2, 0) is 22.4 Å². The topological polar surface area (TPSA) is 99.2 Å². The predicted octanol–water partition coefficient (Wildman–Crippen LogP) is 4.18. The third kappa shape index (κ3) is 5.13. The minimum atomic E-state index is -0.674. The van der Waals surface area contributed by atoms with Gasteiger partial charge in [-0.05, 0) is 73.1 Å². The first-order valence-electron chi connectivity index (χ1n) is 10.6. The largest absolute Gasteiger partial charge is 0.399 e. The summed E-state index contributed by atoms with van der Waals surface area (Å²) in [4.78, 5) is 26.1. The number of nitrogen functional groups attached to an aromatic ring is 1. The number of nitrogens with one attached hydrogen (secondary N) is 1. The van der Waals surface area contributed by atoms with Crippen LogP contribution >= 0.6 is 0 Å². The number of anilines is 2. The summed E-state index contributed by atoms with van der Waals surface area (Å²) in [5.74, 6) is -1.15. The average molecular weight is 417 g/mol. The van der Waals surface area contributed by atoms with Gasteiger partial charge in [0, 0.05) is 18.8 Å². The van der Waals surface area contributed by atoms with Crippen molar-refractivity contribution < 1.29 is 9.59 Å². The summed E-state index contributed by atoms with van der Waals surface area (Å²) in [5, 5.41) is 12.8. The van der Waals surface area contributed by atoms with Crippen LogP contribution in [0.2, 0.25) is 0 Å². The standard InChI is InChI=1S/C25H28N4O2/c1-3-24(20-9-8-18-6-4-5-7-19(18)14-20)28-16-21(15-26)25(31)29(17(2)30)23-12-10-22(27)11-13-23/h8-14,16,24,28H,3-7,27H2,1-2H3/b21-16-. The van der Waals surface area contributed by atoms with Gasteiger partial charge in [-0.1, -0.05) is 25.1 Å². The fourth-order valence-electron chi connectivity index (χ4n) is 3.93. The number of carbonyl (C=O) groups excluding carboxylic acids is 2. The van der Waals surface area contributed by atoms with Gasteiger partial charge in [0.25, 0.3) is 5.91 Å². The van der Waals surface area contributed by atoms with E-state index >= 15 is 0 Å². The third-order valence-electron chi connectivity index (χ3n) is 5.63. The molecule has 160 valence electrons. The normalized spacial score (nSPS) is 14.2. The molecule has 2 aromatic carbocycles. The lowest BCUT2D eigenvalue weighted by molar-refractivity contribution is -0.123. The number of hydrogen-bond acceptors (Lipinski definition) is 5. The van der Waals surface area contributed by atoms with Crippen LogP contribution in [0.25, 0.3) is 0 Å². The van der Waals surface area contributed by atoms with Crippen LogP contribution in [0.1, 0.15) is 55.8 Å². The molecule has 3 rings (SSSR count). The molecular weight excluding hydrogens is 388 g/mol. The highest BCUT2D eigenvalue weighted by atomic mass is 16.2. The van der Waals surface area contributed by atoms with Crippen molar-refractivity contribution in [2.75, 3.05) is 10.6 Å². The van der Waals surface area contributed by atoms with Gasteiger partial charge in [0.1, 0.15) is 11.6 Å². The fourth-order valence-corrected chi connectivity index (χ4v) is 3.93. The second kappa shape index (κ2) is 9.94. The van der Waals surface area contributed by atoms with Crippen molar-refractivity contribution >= 4 is 23.2 Å². The first kappa shape index (κ1) is 22.1. The van der Waals surface area contributed by atoms with Crippen molar-refractivity contribution in [2.24, 2.45) is 0 Å². The Balaban J connectivity index is 1.82. The molecule has 3 N–H and O–H groups in total. The van der Waals surface area contributed by atoms with Gasteiger partial charge >= 0.3 is 0 Å². The summed E-state index contributed by atoms with van der Waals surface area (Å²) >= 11 is 0. The molecule has 1 aliphatic rings. The first-order chi connectivity index (χ1) is 14.9. The van der Waals surface area contributed by atoms with Crippen LogP contribution in [-0.4, -0.2) is 11.8 Å². The molecule has 0 saturated heterocycles. The maximum absolute atomic E-state index is 13.0. The Labute approximate surface area is 183 Å². The second-order valence-electron chi connectivity index (χ2n) is 7.78. The van der Waals surface area contributed by atoms with Gasteiger partial charge in [0.05, 0.1) is 11.7 Å². The Hall–Kier alpha value is -3.59. The maximum atomic E-state index is 13.0. The third-order valence-corrected chi connectivity index (χ3v) is 5.63. The summed E-state index contributed by atoms with van der Waals surface area (Å²) in [6.45, 7) is 3.34.